The van der Waals surface area contributed by atoms with E-state index in [1.807, 2.05) is 19.1 Å². The molecule has 2 aromatic carbocycles. The summed E-state index contributed by atoms with van der Waals surface area (Å²) in [5, 5.41) is 9.79. The third-order valence-corrected chi connectivity index (χ3v) is 9.34. The number of hydrogen-bond acceptors (Lipinski definition) is 8. The van der Waals surface area contributed by atoms with Crippen molar-refractivity contribution < 1.29 is 32.9 Å². The highest BCUT2D eigenvalue weighted by molar-refractivity contribution is 6.30. The van der Waals surface area contributed by atoms with Crippen molar-refractivity contribution in [1.82, 2.24) is 19.4 Å². The number of fused-ring (bicyclic) bond motifs is 1. The molecule has 5 heterocycles. The fourth-order valence-corrected chi connectivity index (χ4v) is 6.68. The molecule has 0 radical (unpaired) electrons. The normalized spacial score (nSPS) is 21.7. The third-order valence-electron chi connectivity index (χ3n) is 9.11. The van der Waals surface area contributed by atoms with Gasteiger partial charge in [-0.2, -0.15) is 0 Å². The highest BCUT2D eigenvalue weighted by Gasteiger charge is 2.43. The number of piperidine rings is 1. The zero-order valence-electron chi connectivity index (χ0n) is 25.3. The van der Waals surface area contributed by atoms with Gasteiger partial charge >= 0.3 is 5.97 Å². The van der Waals surface area contributed by atoms with Gasteiger partial charge in [-0.15, -0.1) is 0 Å². The van der Waals surface area contributed by atoms with E-state index in [4.69, 9.17) is 35.2 Å². The maximum Gasteiger partial charge on any atom is 0.358 e. The number of nitrogens with zero attached hydrogens (tertiary/aromatic N) is 4. The van der Waals surface area contributed by atoms with Gasteiger partial charge in [0.25, 0.3) is 5.79 Å². The first-order valence-corrected chi connectivity index (χ1v) is 15.5. The van der Waals surface area contributed by atoms with Gasteiger partial charge < -0.3 is 28.3 Å². The fourth-order valence-electron chi connectivity index (χ4n) is 6.52. The van der Waals surface area contributed by atoms with E-state index in [-0.39, 0.29) is 29.4 Å². The van der Waals surface area contributed by atoms with Crippen LogP contribution in [0.25, 0.3) is 11.6 Å². The number of carboxylic acids is 1. The van der Waals surface area contributed by atoms with E-state index in [0.29, 0.717) is 40.9 Å². The first kappa shape index (κ1) is 29.8. The standard InChI is InChI=1S/C33H34ClFN4O6/c1-18-28(31-37-29(32(40)41)19(2)43-31)36-27(39(18)16-22-11-14-42-22)17-38-12-9-20(10-13-38)23-5-4-6-26-30(23)45-33(3,44-26)24-8-7-21(34)15-25(24)35/h4-8,15,20,22H,9-14,16-17H2,1-3H3,(H,40,41). The van der Waals surface area contributed by atoms with Crippen molar-refractivity contribution in [2.45, 2.75) is 70.9 Å². The van der Waals surface area contributed by atoms with Crippen LogP contribution in [-0.2, 0) is 23.6 Å². The van der Waals surface area contributed by atoms with Crippen LogP contribution >= 0.6 is 11.6 Å². The zero-order chi connectivity index (χ0) is 31.5. The van der Waals surface area contributed by atoms with Crippen molar-refractivity contribution in [1.29, 1.82) is 0 Å². The number of aryl methyl sites for hydroxylation is 1. The predicted octanol–water partition coefficient (Wildman–Crippen LogP) is 6.46. The molecule has 4 aromatic rings. The molecule has 0 bridgehead atoms. The number of ether oxygens (including phenoxy) is 3. The Morgan fingerprint density at radius 3 is 2.58 bits per heavy atom. The molecule has 2 aromatic heterocycles. The Kier molecular flexibility index (Phi) is 7.58. The molecule has 2 unspecified atom stereocenters. The highest BCUT2D eigenvalue weighted by Crippen LogP contribution is 2.50. The van der Waals surface area contributed by atoms with Gasteiger partial charge in [0, 0.05) is 29.8 Å². The van der Waals surface area contributed by atoms with Gasteiger partial charge in [-0.05, 0) is 76.4 Å². The van der Waals surface area contributed by atoms with Crippen molar-refractivity contribution in [3.8, 4) is 23.1 Å². The van der Waals surface area contributed by atoms with E-state index in [2.05, 4.69) is 20.5 Å². The van der Waals surface area contributed by atoms with Crippen molar-refractivity contribution in [3.05, 3.63) is 81.3 Å². The highest BCUT2D eigenvalue weighted by atomic mass is 35.5. The molecule has 236 valence electrons. The van der Waals surface area contributed by atoms with Crippen molar-refractivity contribution in [2.24, 2.45) is 0 Å². The van der Waals surface area contributed by atoms with E-state index in [1.54, 1.807) is 26.0 Å². The second-order valence-corrected chi connectivity index (χ2v) is 12.5. The molecule has 12 heteroatoms. The molecular formula is C33H34ClFN4O6. The Morgan fingerprint density at radius 2 is 1.91 bits per heavy atom. The molecule has 3 aliphatic rings. The lowest BCUT2D eigenvalue weighted by molar-refractivity contribution is -0.0712. The quantitative estimate of drug-likeness (QED) is 0.233. The van der Waals surface area contributed by atoms with Crippen LogP contribution < -0.4 is 9.47 Å². The number of hydrogen-bond donors (Lipinski definition) is 1. The van der Waals surface area contributed by atoms with Crippen LogP contribution in [0.2, 0.25) is 5.02 Å². The van der Waals surface area contributed by atoms with Gasteiger partial charge in [0.1, 0.15) is 23.1 Å². The number of oxazole rings is 1. The lowest BCUT2D eigenvalue weighted by Crippen LogP contribution is -2.35. The van der Waals surface area contributed by atoms with E-state index in [0.717, 1.165) is 56.0 Å². The maximum atomic E-state index is 14.8. The number of aromatic carboxylic acids is 1. The molecule has 10 nitrogen and oxygen atoms in total. The first-order valence-electron chi connectivity index (χ1n) is 15.2. The number of para-hydroxylation sites is 1. The van der Waals surface area contributed by atoms with E-state index in [9.17, 15) is 14.3 Å². The van der Waals surface area contributed by atoms with Crippen molar-refractivity contribution >= 4 is 17.6 Å². The Labute approximate surface area is 264 Å². The zero-order valence-corrected chi connectivity index (χ0v) is 26.1. The van der Waals surface area contributed by atoms with Gasteiger partial charge in [0.05, 0.1) is 24.8 Å². The summed E-state index contributed by atoms with van der Waals surface area (Å²) in [6.45, 7) is 8.97. The fraction of sp³-hybridized carbons (Fsp3) is 0.424. The number of imidazole rings is 1. The minimum Gasteiger partial charge on any atom is -0.476 e. The second kappa shape index (κ2) is 11.5. The van der Waals surface area contributed by atoms with Gasteiger partial charge in [0.2, 0.25) is 5.89 Å². The number of carbonyl (C=O) groups is 1. The molecule has 0 saturated carbocycles. The van der Waals surface area contributed by atoms with Crippen LogP contribution in [0.5, 0.6) is 11.5 Å². The minimum atomic E-state index is -1.29. The molecule has 2 atom stereocenters. The average molecular weight is 637 g/mol. The summed E-state index contributed by atoms with van der Waals surface area (Å²) in [4.78, 5) is 23.1. The molecule has 7 rings (SSSR count). The molecule has 2 saturated heterocycles. The van der Waals surface area contributed by atoms with E-state index in [1.165, 1.54) is 6.07 Å². The van der Waals surface area contributed by atoms with Crippen LogP contribution in [0.1, 0.15) is 71.0 Å². The molecule has 1 N–H and O–H groups in total. The topological polar surface area (TPSA) is 112 Å². The van der Waals surface area contributed by atoms with Crippen LogP contribution in [0.15, 0.2) is 40.8 Å². The van der Waals surface area contributed by atoms with E-state index >= 15 is 0 Å². The largest absolute Gasteiger partial charge is 0.476 e. The third kappa shape index (κ3) is 5.47. The number of likely N-dealkylation sites (tertiary alicyclic amines) is 1. The average Bonchev–Trinajstić information content (AvgIpc) is 3.63. The first-order chi connectivity index (χ1) is 21.6. The second-order valence-electron chi connectivity index (χ2n) is 12.1. The van der Waals surface area contributed by atoms with E-state index < -0.39 is 17.6 Å². The molecule has 3 aliphatic heterocycles. The van der Waals surface area contributed by atoms with Crippen LogP contribution in [0.3, 0.4) is 0 Å². The smallest absolute Gasteiger partial charge is 0.358 e. The summed E-state index contributed by atoms with van der Waals surface area (Å²) in [6, 6.07) is 10.4. The summed E-state index contributed by atoms with van der Waals surface area (Å²) < 4.78 is 41.0. The summed E-state index contributed by atoms with van der Waals surface area (Å²) in [7, 11) is 0. The summed E-state index contributed by atoms with van der Waals surface area (Å²) in [6.07, 6.45) is 2.89. The Morgan fingerprint density at radius 1 is 1.13 bits per heavy atom. The maximum absolute atomic E-state index is 14.8. The SMILES string of the molecule is Cc1oc(-c2nc(CN3CCC(c4cccc5c4OC(C)(c4ccc(Cl)cc4F)O5)CC3)n(CC3CCO3)c2C)nc1C(=O)O. The molecule has 0 aliphatic carbocycles. The minimum absolute atomic E-state index is 0.106. The van der Waals surface area contributed by atoms with Crippen molar-refractivity contribution in [2.75, 3.05) is 19.7 Å². The van der Waals surface area contributed by atoms with Gasteiger partial charge in [0.15, 0.2) is 17.2 Å². The predicted molar refractivity (Wildman–Crippen MR) is 162 cm³/mol. The van der Waals surface area contributed by atoms with Gasteiger partial charge in [-0.3, -0.25) is 4.90 Å². The molecule has 0 spiro atoms. The van der Waals surface area contributed by atoms with Crippen LogP contribution in [0.4, 0.5) is 4.39 Å². The monoisotopic (exact) mass is 636 g/mol. The molecule has 0 amide bonds. The van der Waals surface area contributed by atoms with Gasteiger partial charge in [-0.25, -0.2) is 19.2 Å². The Balaban J connectivity index is 1.08. The lowest BCUT2D eigenvalue weighted by atomic mass is 9.88. The molecular weight excluding hydrogens is 603 g/mol. The molecule has 45 heavy (non-hydrogen) atoms. The van der Waals surface area contributed by atoms with Crippen LogP contribution in [-0.4, -0.2) is 56.3 Å². The summed E-state index contributed by atoms with van der Waals surface area (Å²) in [5.41, 5.74) is 2.66. The Bertz CT molecular complexity index is 1780. The van der Waals surface area contributed by atoms with Crippen molar-refractivity contribution in [3.63, 3.8) is 0 Å². The molecule has 2 fully saturated rings. The number of halogens is 2. The number of carboxylic acid groups (broad SMARTS) is 1. The number of rotatable bonds is 8. The lowest BCUT2D eigenvalue weighted by Gasteiger charge is -2.33. The van der Waals surface area contributed by atoms with Gasteiger partial charge in [-0.1, -0.05) is 23.7 Å². The number of benzene rings is 2. The Hall–Kier alpha value is -3.93. The summed E-state index contributed by atoms with van der Waals surface area (Å²) >= 11 is 5.98. The van der Waals surface area contributed by atoms with Crippen LogP contribution in [0, 0.1) is 19.7 Å². The number of aromatic nitrogens is 3. The summed E-state index contributed by atoms with van der Waals surface area (Å²) in [5.74, 6) is -0.0865.